The van der Waals surface area contributed by atoms with E-state index in [1.807, 2.05) is 0 Å². The SMILES string of the molecule is O=C(Cc1ccncc1)N[C@@H](CO)C(=O)Nc1cccc(C(F)(F)F)c1. The summed E-state index contributed by atoms with van der Waals surface area (Å²) in [6.07, 6.45) is -1.56. The molecule has 0 aliphatic rings. The number of aliphatic hydroxyl groups is 1. The van der Waals surface area contributed by atoms with Gasteiger partial charge in [0.1, 0.15) is 6.04 Å². The number of benzene rings is 1. The average Bonchev–Trinajstić information content (AvgIpc) is 2.60. The smallest absolute Gasteiger partial charge is 0.394 e. The van der Waals surface area contributed by atoms with Crippen LogP contribution in [0.25, 0.3) is 0 Å². The Hall–Kier alpha value is -2.94. The number of hydrogen-bond donors (Lipinski definition) is 3. The molecule has 0 unspecified atom stereocenters. The number of aromatic nitrogens is 1. The molecule has 26 heavy (non-hydrogen) atoms. The Balaban J connectivity index is 1.99. The second-order valence-corrected chi connectivity index (χ2v) is 5.40. The molecule has 6 nitrogen and oxygen atoms in total. The molecule has 1 aromatic carbocycles. The molecule has 0 aliphatic carbocycles. The van der Waals surface area contributed by atoms with Crippen molar-refractivity contribution in [2.75, 3.05) is 11.9 Å². The highest BCUT2D eigenvalue weighted by atomic mass is 19.4. The molecule has 2 rings (SSSR count). The molecule has 0 saturated heterocycles. The van der Waals surface area contributed by atoms with E-state index in [9.17, 15) is 27.9 Å². The number of carbonyl (C=O) groups excluding carboxylic acids is 2. The summed E-state index contributed by atoms with van der Waals surface area (Å²) in [5.74, 6) is -1.34. The number of alkyl halides is 3. The number of halogens is 3. The van der Waals surface area contributed by atoms with Crippen molar-refractivity contribution in [3.63, 3.8) is 0 Å². The van der Waals surface area contributed by atoms with E-state index in [1.54, 1.807) is 12.1 Å². The summed E-state index contributed by atoms with van der Waals surface area (Å²) < 4.78 is 38.1. The van der Waals surface area contributed by atoms with Gasteiger partial charge in [-0.2, -0.15) is 13.2 Å². The normalized spacial score (nSPS) is 12.3. The van der Waals surface area contributed by atoms with E-state index in [-0.39, 0.29) is 12.1 Å². The zero-order valence-electron chi connectivity index (χ0n) is 13.5. The summed E-state index contributed by atoms with van der Waals surface area (Å²) in [5, 5.41) is 13.9. The fourth-order valence-electron chi connectivity index (χ4n) is 2.13. The summed E-state index contributed by atoms with van der Waals surface area (Å²) >= 11 is 0. The second kappa shape index (κ2) is 8.43. The topological polar surface area (TPSA) is 91.3 Å². The second-order valence-electron chi connectivity index (χ2n) is 5.40. The first kappa shape index (κ1) is 19.4. The Bertz CT molecular complexity index is 767. The molecular weight excluding hydrogens is 351 g/mol. The summed E-state index contributed by atoms with van der Waals surface area (Å²) in [7, 11) is 0. The molecule has 138 valence electrons. The number of hydrogen-bond acceptors (Lipinski definition) is 4. The average molecular weight is 367 g/mol. The molecule has 1 heterocycles. The molecule has 1 aromatic heterocycles. The van der Waals surface area contributed by atoms with Crippen LogP contribution in [-0.4, -0.2) is 34.6 Å². The van der Waals surface area contributed by atoms with Gasteiger partial charge in [0, 0.05) is 18.1 Å². The lowest BCUT2D eigenvalue weighted by Crippen LogP contribution is -2.46. The highest BCUT2D eigenvalue weighted by Crippen LogP contribution is 2.30. The van der Waals surface area contributed by atoms with E-state index in [0.29, 0.717) is 5.56 Å². The lowest BCUT2D eigenvalue weighted by molar-refractivity contribution is -0.137. The van der Waals surface area contributed by atoms with Gasteiger partial charge in [-0.3, -0.25) is 14.6 Å². The third-order valence-corrected chi connectivity index (χ3v) is 3.41. The highest BCUT2D eigenvalue weighted by molar-refractivity contribution is 5.97. The quantitative estimate of drug-likeness (QED) is 0.726. The third-order valence-electron chi connectivity index (χ3n) is 3.41. The molecule has 1 atom stereocenters. The van der Waals surface area contributed by atoms with Crippen LogP contribution in [0.2, 0.25) is 0 Å². The van der Waals surface area contributed by atoms with Crippen LogP contribution in [0.3, 0.4) is 0 Å². The molecule has 2 aromatic rings. The van der Waals surface area contributed by atoms with Gasteiger partial charge in [-0.1, -0.05) is 6.07 Å². The van der Waals surface area contributed by atoms with Crippen LogP contribution < -0.4 is 10.6 Å². The van der Waals surface area contributed by atoms with Gasteiger partial charge in [0.15, 0.2) is 0 Å². The van der Waals surface area contributed by atoms with Crippen molar-refractivity contribution >= 4 is 17.5 Å². The molecule has 0 fully saturated rings. The van der Waals surface area contributed by atoms with E-state index < -0.39 is 36.2 Å². The van der Waals surface area contributed by atoms with Gasteiger partial charge in [0.2, 0.25) is 11.8 Å². The summed E-state index contributed by atoms with van der Waals surface area (Å²) in [5.41, 5.74) is -0.350. The van der Waals surface area contributed by atoms with Crippen molar-refractivity contribution in [2.24, 2.45) is 0 Å². The Labute approximate surface area is 147 Å². The number of amides is 2. The summed E-state index contributed by atoms with van der Waals surface area (Å²) in [4.78, 5) is 27.9. The number of pyridine rings is 1. The van der Waals surface area contributed by atoms with Crippen molar-refractivity contribution in [3.05, 3.63) is 59.9 Å². The number of rotatable bonds is 6. The van der Waals surface area contributed by atoms with Crippen molar-refractivity contribution in [1.82, 2.24) is 10.3 Å². The fraction of sp³-hybridized carbons (Fsp3) is 0.235. The lowest BCUT2D eigenvalue weighted by atomic mass is 10.1. The maximum absolute atomic E-state index is 12.7. The number of aliphatic hydroxyl groups excluding tert-OH is 1. The summed E-state index contributed by atoms with van der Waals surface area (Å²) in [6, 6.07) is 6.01. The van der Waals surface area contributed by atoms with Crippen LogP contribution in [0.1, 0.15) is 11.1 Å². The monoisotopic (exact) mass is 367 g/mol. The Morgan fingerprint density at radius 2 is 1.85 bits per heavy atom. The summed E-state index contributed by atoms with van der Waals surface area (Å²) in [6.45, 7) is -0.702. The molecule has 9 heteroatoms. The van der Waals surface area contributed by atoms with E-state index in [1.165, 1.54) is 18.5 Å². The lowest BCUT2D eigenvalue weighted by Gasteiger charge is -2.17. The van der Waals surface area contributed by atoms with Gasteiger partial charge in [-0.15, -0.1) is 0 Å². The van der Waals surface area contributed by atoms with E-state index in [2.05, 4.69) is 15.6 Å². The van der Waals surface area contributed by atoms with E-state index in [0.717, 1.165) is 18.2 Å². The number of nitrogens with one attached hydrogen (secondary N) is 2. The van der Waals surface area contributed by atoms with Crippen LogP contribution in [0.15, 0.2) is 48.8 Å². The molecule has 0 saturated carbocycles. The van der Waals surface area contributed by atoms with Gasteiger partial charge >= 0.3 is 6.18 Å². The van der Waals surface area contributed by atoms with Gasteiger partial charge < -0.3 is 15.7 Å². The van der Waals surface area contributed by atoms with Gasteiger partial charge in [0.25, 0.3) is 0 Å². The predicted octanol–water partition coefficient (Wildman–Crippen LogP) is 1.76. The van der Waals surface area contributed by atoms with Gasteiger partial charge in [0.05, 0.1) is 18.6 Å². The van der Waals surface area contributed by atoms with E-state index in [4.69, 9.17) is 0 Å². The fourth-order valence-corrected chi connectivity index (χ4v) is 2.13. The number of anilines is 1. The van der Waals surface area contributed by atoms with Crippen LogP contribution in [0.5, 0.6) is 0 Å². The molecule has 0 spiro atoms. The maximum Gasteiger partial charge on any atom is 0.416 e. The zero-order valence-corrected chi connectivity index (χ0v) is 13.5. The van der Waals surface area contributed by atoms with Crippen molar-refractivity contribution in [1.29, 1.82) is 0 Å². The maximum atomic E-state index is 12.7. The third kappa shape index (κ3) is 5.55. The minimum absolute atomic E-state index is 0.0319. The van der Waals surface area contributed by atoms with Crippen molar-refractivity contribution in [2.45, 2.75) is 18.6 Å². The van der Waals surface area contributed by atoms with Crippen LogP contribution in [0.4, 0.5) is 18.9 Å². The first-order valence-electron chi connectivity index (χ1n) is 7.57. The van der Waals surface area contributed by atoms with Gasteiger partial charge in [-0.25, -0.2) is 0 Å². The Morgan fingerprint density at radius 3 is 2.46 bits per heavy atom. The molecule has 0 radical (unpaired) electrons. The number of nitrogens with zero attached hydrogens (tertiary/aromatic N) is 1. The highest BCUT2D eigenvalue weighted by Gasteiger charge is 2.30. The minimum Gasteiger partial charge on any atom is -0.394 e. The number of carbonyl (C=O) groups is 2. The van der Waals surface area contributed by atoms with Crippen LogP contribution >= 0.6 is 0 Å². The first-order valence-corrected chi connectivity index (χ1v) is 7.57. The molecule has 2 amide bonds. The molecule has 0 aliphatic heterocycles. The predicted molar refractivity (Wildman–Crippen MR) is 87.0 cm³/mol. The van der Waals surface area contributed by atoms with Crippen LogP contribution in [-0.2, 0) is 22.2 Å². The molecule has 3 N–H and O–H groups in total. The Morgan fingerprint density at radius 1 is 1.15 bits per heavy atom. The zero-order chi connectivity index (χ0) is 19.2. The largest absolute Gasteiger partial charge is 0.416 e. The van der Waals surface area contributed by atoms with E-state index >= 15 is 0 Å². The molecule has 0 bridgehead atoms. The van der Waals surface area contributed by atoms with Gasteiger partial charge in [-0.05, 0) is 35.9 Å². The molecular formula is C17H16F3N3O3. The minimum atomic E-state index is -4.55. The van der Waals surface area contributed by atoms with Crippen LogP contribution in [0, 0.1) is 0 Å². The van der Waals surface area contributed by atoms with Crippen molar-refractivity contribution in [3.8, 4) is 0 Å². The first-order chi connectivity index (χ1) is 12.3. The van der Waals surface area contributed by atoms with Crippen molar-refractivity contribution < 1.29 is 27.9 Å². The Kier molecular flexibility index (Phi) is 6.29. The standard InChI is InChI=1S/C17H16F3N3O3/c18-17(19,20)12-2-1-3-13(9-12)22-16(26)14(10-24)23-15(25)8-11-4-6-21-7-5-11/h1-7,9,14,24H,8,10H2,(H,22,26)(H,23,25)/t14-/m0/s1.